The van der Waals surface area contributed by atoms with Gasteiger partial charge in [0.1, 0.15) is 24.2 Å². The Labute approximate surface area is 233 Å². The number of amides is 5. The summed E-state index contributed by atoms with van der Waals surface area (Å²) < 4.78 is 0. The van der Waals surface area contributed by atoms with E-state index in [9.17, 15) is 53.7 Å². The molecule has 19 nitrogen and oxygen atoms in total. The lowest BCUT2D eigenvalue weighted by Gasteiger charge is -2.26. The van der Waals surface area contributed by atoms with Crippen LogP contribution in [-0.4, -0.2) is 122 Å². The predicted octanol–water partition coefficient (Wildman–Crippen LogP) is -5.42. The number of rotatable bonds is 19. The van der Waals surface area contributed by atoms with Crippen molar-refractivity contribution in [2.75, 3.05) is 13.2 Å². The molecule has 0 fully saturated rings. The normalized spacial score (nSPS) is 15.0. The van der Waals surface area contributed by atoms with Gasteiger partial charge in [-0.05, 0) is 26.7 Å². The first-order valence-electron chi connectivity index (χ1n) is 12.2. The van der Waals surface area contributed by atoms with E-state index in [1.54, 1.807) is 0 Å². The zero-order valence-electron chi connectivity index (χ0n) is 22.3. The Morgan fingerprint density at radius 2 is 1.20 bits per heavy atom. The predicted molar refractivity (Wildman–Crippen MR) is 135 cm³/mol. The standard InChI is InChI=1S/C22H36N6O13/c1-9(23)18(36)27-13(8-29)19(37)24-7-14(31)25-11(3-5-15(32)33)20(38)28-17(10(2)30)21(39)26-12(22(40)41)4-6-16(34)35/h9-13,17,29-30H,3-8,23H2,1-2H3,(H,24,37)(H,25,31)(H,26,39)(H,27,36)(H,28,38)(H,32,33)(H,34,35)(H,40,41). The van der Waals surface area contributed by atoms with Crippen LogP contribution >= 0.6 is 0 Å². The number of hydrogen-bond acceptors (Lipinski definition) is 11. The summed E-state index contributed by atoms with van der Waals surface area (Å²) in [5, 5.41) is 56.7. The number of aliphatic hydroxyl groups is 2. The fourth-order valence-corrected chi connectivity index (χ4v) is 3.02. The van der Waals surface area contributed by atoms with Gasteiger partial charge in [-0.3, -0.25) is 33.6 Å². The first kappa shape index (κ1) is 36.6. The number of nitrogens with two attached hydrogens (primary N) is 1. The molecule has 232 valence electrons. The summed E-state index contributed by atoms with van der Waals surface area (Å²) in [6.45, 7) is 0.772. The van der Waals surface area contributed by atoms with Gasteiger partial charge in [0, 0.05) is 12.8 Å². The first-order chi connectivity index (χ1) is 19.0. The molecule has 0 aromatic rings. The lowest BCUT2D eigenvalue weighted by Crippen LogP contribution is -2.59. The number of carboxylic acids is 3. The molecule has 41 heavy (non-hydrogen) atoms. The third-order valence-electron chi connectivity index (χ3n) is 5.27. The number of aliphatic carboxylic acids is 3. The van der Waals surface area contributed by atoms with E-state index in [-0.39, 0.29) is 0 Å². The maximum atomic E-state index is 12.8. The van der Waals surface area contributed by atoms with Crippen LogP contribution in [0, 0.1) is 0 Å². The topological polar surface area (TPSA) is 324 Å². The molecule has 0 saturated heterocycles. The average Bonchev–Trinajstić information content (AvgIpc) is 2.87. The minimum Gasteiger partial charge on any atom is -0.481 e. The van der Waals surface area contributed by atoms with Gasteiger partial charge >= 0.3 is 17.9 Å². The summed E-state index contributed by atoms with van der Waals surface area (Å²) >= 11 is 0. The number of carbonyl (C=O) groups excluding carboxylic acids is 5. The molecule has 0 aliphatic heterocycles. The van der Waals surface area contributed by atoms with Crippen molar-refractivity contribution in [2.45, 2.75) is 75.8 Å². The van der Waals surface area contributed by atoms with Crippen LogP contribution in [0.3, 0.4) is 0 Å². The summed E-state index contributed by atoms with van der Waals surface area (Å²) in [6, 6.07) is -7.54. The van der Waals surface area contributed by atoms with Gasteiger partial charge in [-0.15, -0.1) is 0 Å². The molecule has 0 bridgehead atoms. The molecule has 0 aromatic carbocycles. The summed E-state index contributed by atoms with van der Waals surface area (Å²) in [5.74, 6) is -9.38. The SMILES string of the molecule is CC(N)C(=O)NC(CO)C(=O)NCC(=O)NC(CCC(=O)O)C(=O)NC(C(=O)NC(CCC(=O)O)C(=O)O)C(C)O. The van der Waals surface area contributed by atoms with Gasteiger partial charge < -0.3 is 57.9 Å². The van der Waals surface area contributed by atoms with Crippen LogP contribution < -0.4 is 32.3 Å². The summed E-state index contributed by atoms with van der Waals surface area (Å²) in [7, 11) is 0. The van der Waals surface area contributed by atoms with E-state index in [4.69, 9.17) is 15.9 Å². The lowest BCUT2D eigenvalue weighted by atomic mass is 10.1. The molecule has 0 saturated carbocycles. The Bertz CT molecular complexity index is 987. The minimum atomic E-state index is -1.79. The van der Waals surface area contributed by atoms with Gasteiger partial charge in [0.15, 0.2) is 0 Å². The third kappa shape index (κ3) is 14.6. The highest BCUT2D eigenvalue weighted by molar-refractivity contribution is 5.95. The zero-order chi connectivity index (χ0) is 31.9. The van der Waals surface area contributed by atoms with Gasteiger partial charge in [0.2, 0.25) is 29.5 Å². The highest BCUT2D eigenvalue weighted by atomic mass is 16.4. The largest absolute Gasteiger partial charge is 0.481 e. The van der Waals surface area contributed by atoms with Crippen LogP contribution in [0.25, 0.3) is 0 Å². The maximum absolute atomic E-state index is 12.8. The van der Waals surface area contributed by atoms with Crippen molar-refractivity contribution in [1.29, 1.82) is 0 Å². The average molecular weight is 593 g/mol. The monoisotopic (exact) mass is 592 g/mol. The van der Waals surface area contributed by atoms with Crippen molar-refractivity contribution in [2.24, 2.45) is 5.73 Å². The Hall–Kier alpha value is -4.36. The van der Waals surface area contributed by atoms with E-state index < -0.39 is 123 Å². The van der Waals surface area contributed by atoms with E-state index >= 15 is 0 Å². The van der Waals surface area contributed by atoms with E-state index in [1.807, 2.05) is 5.32 Å². The maximum Gasteiger partial charge on any atom is 0.326 e. The van der Waals surface area contributed by atoms with Crippen LogP contribution in [0.4, 0.5) is 0 Å². The van der Waals surface area contributed by atoms with Crippen molar-refractivity contribution < 1.29 is 63.9 Å². The van der Waals surface area contributed by atoms with Crippen molar-refractivity contribution in [3.05, 3.63) is 0 Å². The summed E-state index contributed by atoms with van der Waals surface area (Å²) in [4.78, 5) is 94.8. The third-order valence-corrected chi connectivity index (χ3v) is 5.27. The smallest absolute Gasteiger partial charge is 0.326 e. The van der Waals surface area contributed by atoms with E-state index in [1.165, 1.54) is 6.92 Å². The molecule has 0 radical (unpaired) electrons. The number of aliphatic hydroxyl groups excluding tert-OH is 2. The van der Waals surface area contributed by atoms with Crippen molar-refractivity contribution >= 4 is 47.4 Å². The van der Waals surface area contributed by atoms with Gasteiger partial charge in [0.25, 0.3) is 0 Å². The zero-order valence-corrected chi connectivity index (χ0v) is 22.3. The number of carboxylic acid groups (broad SMARTS) is 3. The van der Waals surface area contributed by atoms with E-state index in [0.29, 0.717) is 0 Å². The van der Waals surface area contributed by atoms with Gasteiger partial charge in [-0.2, -0.15) is 0 Å². The molecule has 6 unspecified atom stereocenters. The molecule has 5 amide bonds. The fraction of sp³-hybridized carbons (Fsp3) is 0.636. The summed E-state index contributed by atoms with van der Waals surface area (Å²) in [5.41, 5.74) is 5.37. The molecule has 0 aliphatic rings. The Morgan fingerprint density at radius 1 is 0.683 bits per heavy atom. The first-order valence-corrected chi connectivity index (χ1v) is 12.2. The lowest BCUT2D eigenvalue weighted by molar-refractivity contribution is -0.144. The second-order valence-corrected chi connectivity index (χ2v) is 8.86. The second kappa shape index (κ2) is 18.1. The van der Waals surface area contributed by atoms with Crippen molar-refractivity contribution in [1.82, 2.24) is 26.6 Å². The highest BCUT2D eigenvalue weighted by Crippen LogP contribution is 2.04. The fourth-order valence-electron chi connectivity index (χ4n) is 3.02. The van der Waals surface area contributed by atoms with E-state index in [0.717, 1.165) is 6.92 Å². The molecule has 0 aliphatic carbocycles. The van der Waals surface area contributed by atoms with Gasteiger partial charge in [-0.1, -0.05) is 0 Å². The highest BCUT2D eigenvalue weighted by Gasteiger charge is 2.32. The molecule has 0 heterocycles. The number of nitrogens with one attached hydrogen (secondary N) is 5. The van der Waals surface area contributed by atoms with Gasteiger partial charge in [-0.25, -0.2) is 4.79 Å². The van der Waals surface area contributed by atoms with Crippen LogP contribution in [0.15, 0.2) is 0 Å². The van der Waals surface area contributed by atoms with Crippen LogP contribution in [0.1, 0.15) is 39.5 Å². The molecule has 0 rings (SSSR count). The second-order valence-electron chi connectivity index (χ2n) is 8.86. The Morgan fingerprint density at radius 3 is 1.63 bits per heavy atom. The molecule has 19 heteroatoms. The van der Waals surface area contributed by atoms with Crippen LogP contribution in [0.2, 0.25) is 0 Å². The van der Waals surface area contributed by atoms with Gasteiger partial charge in [0.05, 0.1) is 25.3 Å². The molecule has 0 aromatic heterocycles. The Balaban J connectivity index is 5.46. The summed E-state index contributed by atoms with van der Waals surface area (Å²) in [6.07, 6.45) is -3.88. The number of carbonyl (C=O) groups is 8. The van der Waals surface area contributed by atoms with Crippen LogP contribution in [0.5, 0.6) is 0 Å². The molecule has 6 atom stereocenters. The van der Waals surface area contributed by atoms with Crippen molar-refractivity contribution in [3.63, 3.8) is 0 Å². The quantitative estimate of drug-likeness (QED) is 0.0667. The van der Waals surface area contributed by atoms with Crippen molar-refractivity contribution in [3.8, 4) is 0 Å². The van der Waals surface area contributed by atoms with Crippen LogP contribution in [-0.2, 0) is 38.4 Å². The Kier molecular flexibility index (Phi) is 16.2. The molecule has 12 N–H and O–H groups in total. The molecular formula is C22H36N6O13. The van der Waals surface area contributed by atoms with E-state index in [2.05, 4.69) is 21.3 Å². The molecule has 0 spiro atoms. The number of hydrogen-bond donors (Lipinski definition) is 11. The minimum absolute atomic E-state index is 0.505. The molecular weight excluding hydrogens is 556 g/mol.